The molecule has 0 atom stereocenters. The molecule has 0 amide bonds. The standard InChI is InChI=1S/C16H16Br2O/c1-2-3-12-4-7-14(8-5-12)19-16-9-6-13(11-17)10-15(16)18/h4-10H,2-3,11H2,1H3. The summed E-state index contributed by atoms with van der Waals surface area (Å²) in [6.45, 7) is 2.19. The molecule has 0 aliphatic carbocycles. The predicted molar refractivity (Wildman–Crippen MR) is 87.3 cm³/mol. The van der Waals surface area contributed by atoms with Gasteiger partial charge >= 0.3 is 0 Å². The van der Waals surface area contributed by atoms with E-state index in [0.29, 0.717) is 0 Å². The largest absolute Gasteiger partial charge is 0.456 e. The molecular formula is C16H16Br2O. The van der Waals surface area contributed by atoms with Gasteiger partial charge in [0.15, 0.2) is 0 Å². The minimum absolute atomic E-state index is 0.841. The average molecular weight is 384 g/mol. The van der Waals surface area contributed by atoms with Gasteiger partial charge in [0.25, 0.3) is 0 Å². The van der Waals surface area contributed by atoms with E-state index in [-0.39, 0.29) is 0 Å². The summed E-state index contributed by atoms with van der Waals surface area (Å²) in [4.78, 5) is 0. The van der Waals surface area contributed by atoms with E-state index in [1.54, 1.807) is 0 Å². The molecule has 2 aromatic rings. The number of hydrogen-bond acceptors (Lipinski definition) is 1. The van der Waals surface area contributed by atoms with Crippen molar-refractivity contribution < 1.29 is 4.74 Å². The minimum atomic E-state index is 0.841. The Labute approximate surface area is 131 Å². The van der Waals surface area contributed by atoms with Gasteiger partial charge in [0.05, 0.1) is 4.47 Å². The molecule has 0 unspecified atom stereocenters. The van der Waals surface area contributed by atoms with Crippen molar-refractivity contribution >= 4 is 31.9 Å². The molecule has 0 N–H and O–H groups in total. The molecule has 0 aliphatic rings. The highest BCUT2D eigenvalue weighted by molar-refractivity contribution is 9.10. The molecule has 0 bridgehead atoms. The zero-order valence-electron chi connectivity index (χ0n) is 10.8. The second-order valence-electron chi connectivity index (χ2n) is 4.39. The van der Waals surface area contributed by atoms with Crippen LogP contribution in [0.15, 0.2) is 46.9 Å². The van der Waals surface area contributed by atoms with Crippen molar-refractivity contribution in [1.82, 2.24) is 0 Å². The summed E-state index contributed by atoms with van der Waals surface area (Å²) in [6, 6.07) is 14.4. The molecule has 0 saturated heterocycles. The molecule has 0 aromatic heterocycles. The lowest BCUT2D eigenvalue weighted by molar-refractivity contribution is 0.479. The van der Waals surface area contributed by atoms with Gasteiger partial charge in [-0.2, -0.15) is 0 Å². The maximum absolute atomic E-state index is 5.88. The van der Waals surface area contributed by atoms with Crippen LogP contribution in [0.4, 0.5) is 0 Å². The van der Waals surface area contributed by atoms with E-state index in [9.17, 15) is 0 Å². The van der Waals surface area contributed by atoms with Crippen LogP contribution in [0.2, 0.25) is 0 Å². The summed E-state index contributed by atoms with van der Waals surface area (Å²) >= 11 is 6.98. The number of alkyl halides is 1. The van der Waals surface area contributed by atoms with Crippen LogP contribution in [-0.4, -0.2) is 0 Å². The summed E-state index contributed by atoms with van der Waals surface area (Å²) in [7, 11) is 0. The Bertz CT molecular complexity index is 535. The van der Waals surface area contributed by atoms with Gasteiger partial charge in [-0.15, -0.1) is 0 Å². The van der Waals surface area contributed by atoms with E-state index < -0.39 is 0 Å². The highest BCUT2D eigenvalue weighted by Crippen LogP contribution is 2.31. The monoisotopic (exact) mass is 382 g/mol. The van der Waals surface area contributed by atoms with Gasteiger partial charge in [-0.25, -0.2) is 0 Å². The molecule has 0 fully saturated rings. The summed E-state index contributed by atoms with van der Waals surface area (Å²) in [5.41, 5.74) is 2.57. The van der Waals surface area contributed by atoms with Crippen molar-refractivity contribution in [3.8, 4) is 11.5 Å². The SMILES string of the molecule is CCCc1ccc(Oc2ccc(CBr)cc2Br)cc1. The van der Waals surface area contributed by atoms with Gasteiger partial charge in [0.1, 0.15) is 11.5 Å². The van der Waals surface area contributed by atoms with E-state index in [4.69, 9.17) is 4.74 Å². The fourth-order valence-corrected chi connectivity index (χ4v) is 2.71. The average Bonchev–Trinajstić information content (AvgIpc) is 2.43. The summed E-state index contributed by atoms with van der Waals surface area (Å²) in [5, 5.41) is 0.845. The first kappa shape index (κ1) is 14.6. The summed E-state index contributed by atoms with van der Waals surface area (Å²) < 4.78 is 6.85. The fraction of sp³-hybridized carbons (Fsp3) is 0.250. The fourth-order valence-electron chi connectivity index (χ4n) is 1.85. The highest BCUT2D eigenvalue weighted by atomic mass is 79.9. The summed E-state index contributed by atoms with van der Waals surface area (Å²) in [5.74, 6) is 1.71. The number of hydrogen-bond donors (Lipinski definition) is 0. The van der Waals surface area contributed by atoms with E-state index in [2.05, 4.69) is 63.0 Å². The van der Waals surface area contributed by atoms with Crippen LogP contribution in [-0.2, 0) is 11.8 Å². The van der Waals surface area contributed by atoms with Crippen LogP contribution in [0, 0.1) is 0 Å². The molecular weight excluding hydrogens is 368 g/mol. The Morgan fingerprint density at radius 3 is 2.26 bits per heavy atom. The van der Waals surface area contributed by atoms with Crippen LogP contribution < -0.4 is 4.74 Å². The quantitative estimate of drug-likeness (QED) is 0.567. The second kappa shape index (κ2) is 7.11. The highest BCUT2D eigenvalue weighted by Gasteiger charge is 2.04. The Morgan fingerprint density at radius 1 is 1.00 bits per heavy atom. The lowest BCUT2D eigenvalue weighted by Crippen LogP contribution is -1.88. The van der Waals surface area contributed by atoms with Crippen LogP contribution in [0.25, 0.3) is 0 Å². The molecule has 2 rings (SSSR count). The van der Waals surface area contributed by atoms with E-state index in [0.717, 1.165) is 27.7 Å². The topological polar surface area (TPSA) is 9.23 Å². The third kappa shape index (κ3) is 4.08. The van der Waals surface area contributed by atoms with Crippen LogP contribution >= 0.6 is 31.9 Å². The molecule has 100 valence electrons. The Hall–Kier alpha value is -0.800. The van der Waals surface area contributed by atoms with Gasteiger partial charge in [0.2, 0.25) is 0 Å². The normalized spacial score (nSPS) is 10.5. The number of halogens is 2. The third-order valence-corrected chi connectivity index (χ3v) is 4.11. The number of ether oxygens (including phenoxy) is 1. The van der Waals surface area contributed by atoms with Crippen LogP contribution in [0.3, 0.4) is 0 Å². The Balaban J connectivity index is 2.12. The number of benzene rings is 2. The zero-order chi connectivity index (χ0) is 13.7. The van der Waals surface area contributed by atoms with Crippen molar-refractivity contribution in [2.24, 2.45) is 0 Å². The van der Waals surface area contributed by atoms with Crippen molar-refractivity contribution in [2.75, 3.05) is 0 Å². The maximum Gasteiger partial charge on any atom is 0.141 e. The van der Waals surface area contributed by atoms with E-state index in [1.807, 2.05) is 18.2 Å². The van der Waals surface area contributed by atoms with E-state index in [1.165, 1.54) is 17.5 Å². The van der Waals surface area contributed by atoms with Crippen molar-refractivity contribution in [3.63, 3.8) is 0 Å². The van der Waals surface area contributed by atoms with Crippen LogP contribution in [0.5, 0.6) is 11.5 Å². The first-order chi connectivity index (χ1) is 9.22. The first-order valence-corrected chi connectivity index (χ1v) is 8.25. The summed E-state index contributed by atoms with van der Waals surface area (Å²) in [6.07, 6.45) is 2.28. The van der Waals surface area contributed by atoms with Crippen LogP contribution in [0.1, 0.15) is 24.5 Å². The smallest absolute Gasteiger partial charge is 0.141 e. The van der Waals surface area contributed by atoms with Gasteiger partial charge in [-0.3, -0.25) is 0 Å². The molecule has 2 aromatic carbocycles. The van der Waals surface area contributed by atoms with Crippen molar-refractivity contribution in [3.05, 3.63) is 58.1 Å². The molecule has 0 heterocycles. The van der Waals surface area contributed by atoms with Gasteiger partial charge in [-0.1, -0.05) is 47.5 Å². The number of rotatable bonds is 5. The second-order valence-corrected chi connectivity index (χ2v) is 5.81. The first-order valence-electron chi connectivity index (χ1n) is 6.34. The Kier molecular flexibility index (Phi) is 5.46. The van der Waals surface area contributed by atoms with Gasteiger partial charge in [-0.05, 0) is 57.7 Å². The van der Waals surface area contributed by atoms with Crippen molar-refractivity contribution in [2.45, 2.75) is 25.1 Å². The third-order valence-electron chi connectivity index (χ3n) is 2.84. The van der Waals surface area contributed by atoms with Crippen molar-refractivity contribution in [1.29, 1.82) is 0 Å². The molecule has 3 heteroatoms. The molecule has 0 spiro atoms. The predicted octanol–water partition coefficient (Wildman–Crippen LogP) is 6.09. The van der Waals surface area contributed by atoms with Gasteiger partial charge < -0.3 is 4.74 Å². The number of aryl methyl sites for hydroxylation is 1. The minimum Gasteiger partial charge on any atom is -0.456 e. The molecule has 19 heavy (non-hydrogen) atoms. The molecule has 0 aliphatic heterocycles. The lowest BCUT2D eigenvalue weighted by Gasteiger charge is -2.09. The lowest BCUT2D eigenvalue weighted by atomic mass is 10.1. The molecule has 0 radical (unpaired) electrons. The zero-order valence-corrected chi connectivity index (χ0v) is 14.0. The Morgan fingerprint density at radius 2 is 1.68 bits per heavy atom. The molecule has 0 saturated carbocycles. The van der Waals surface area contributed by atoms with E-state index >= 15 is 0 Å². The molecule has 1 nitrogen and oxygen atoms in total. The maximum atomic E-state index is 5.88. The van der Waals surface area contributed by atoms with Gasteiger partial charge in [0, 0.05) is 5.33 Å².